The molecule has 0 saturated carbocycles. The van der Waals surface area contributed by atoms with Crippen LogP contribution in [0.5, 0.6) is 0 Å². The van der Waals surface area contributed by atoms with E-state index in [2.05, 4.69) is 18.8 Å². The van der Waals surface area contributed by atoms with Crippen LogP contribution in [0.3, 0.4) is 0 Å². The highest BCUT2D eigenvalue weighted by atomic mass is 16.1. The van der Waals surface area contributed by atoms with E-state index in [-0.39, 0.29) is 5.56 Å². The highest BCUT2D eigenvalue weighted by Gasteiger charge is 2.08. The molecule has 0 unspecified atom stereocenters. The smallest absolute Gasteiger partial charge is 0.255 e. The van der Waals surface area contributed by atoms with E-state index in [4.69, 9.17) is 5.73 Å². The Morgan fingerprint density at radius 2 is 2.06 bits per heavy atom. The fourth-order valence-electron chi connectivity index (χ4n) is 1.93. The number of hydrogen-bond acceptors (Lipinski definition) is 2. The number of pyridine rings is 1. The van der Waals surface area contributed by atoms with Crippen LogP contribution < -0.4 is 11.3 Å². The maximum absolute atomic E-state index is 11.7. The summed E-state index contributed by atoms with van der Waals surface area (Å²) in [4.78, 5) is 14.5. The first-order valence-corrected chi connectivity index (χ1v) is 5.47. The molecule has 3 N–H and O–H groups in total. The van der Waals surface area contributed by atoms with Crippen LogP contribution in [0.15, 0.2) is 29.2 Å². The Morgan fingerprint density at radius 3 is 2.69 bits per heavy atom. The normalized spacial score (nSPS) is 11.2. The molecule has 1 aromatic heterocycles. The third kappa shape index (κ3) is 1.74. The van der Waals surface area contributed by atoms with Crippen molar-refractivity contribution in [1.29, 1.82) is 0 Å². The van der Waals surface area contributed by atoms with Crippen LogP contribution >= 0.6 is 0 Å². The molecule has 0 aliphatic carbocycles. The van der Waals surface area contributed by atoms with Crippen LogP contribution in [-0.2, 0) is 6.54 Å². The average molecular weight is 216 g/mol. The molecule has 0 atom stereocenters. The summed E-state index contributed by atoms with van der Waals surface area (Å²) in [5, 5.41) is 1.75. The molecule has 0 radical (unpaired) electrons. The van der Waals surface area contributed by atoms with Gasteiger partial charge in [-0.3, -0.25) is 4.79 Å². The number of benzene rings is 1. The molecule has 0 bridgehead atoms. The molecule has 0 aliphatic heterocycles. The van der Waals surface area contributed by atoms with E-state index in [0.29, 0.717) is 12.5 Å². The van der Waals surface area contributed by atoms with Crippen LogP contribution in [0.25, 0.3) is 10.8 Å². The van der Waals surface area contributed by atoms with Gasteiger partial charge in [-0.25, -0.2) is 0 Å². The van der Waals surface area contributed by atoms with Gasteiger partial charge in [-0.15, -0.1) is 0 Å². The monoisotopic (exact) mass is 216 g/mol. The molecule has 1 heterocycles. The Balaban J connectivity index is 2.81. The third-order valence-electron chi connectivity index (χ3n) is 2.86. The van der Waals surface area contributed by atoms with Gasteiger partial charge in [0.15, 0.2) is 0 Å². The maximum Gasteiger partial charge on any atom is 0.255 e. The van der Waals surface area contributed by atoms with Crippen molar-refractivity contribution < 1.29 is 0 Å². The summed E-state index contributed by atoms with van der Waals surface area (Å²) in [6, 6.07) is 5.84. The molecular weight excluding hydrogens is 200 g/mol. The lowest BCUT2D eigenvalue weighted by molar-refractivity contribution is 0.867. The SMILES string of the molecule is CC(C)c1c[nH]c(=O)c2cc(CN)ccc12. The lowest BCUT2D eigenvalue weighted by Crippen LogP contribution is -2.09. The van der Waals surface area contributed by atoms with Crippen molar-refractivity contribution >= 4 is 10.8 Å². The average Bonchev–Trinajstić information content (AvgIpc) is 2.29. The van der Waals surface area contributed by atoms with Crippen LogP contribution in [0.2, 0.25) is 0 Å². The van der Waals surface area contributed by atoms with Crippen molar-refractivity contribution in [3.63, 3.8) is 0 Å². The number of fused-ring (bicyclic) bond motifs is 1. The number of hydrogen-bond donors (Lipinski definition) is 2. The first kappa shape index (κ1) is 10.9. The number of nitrogens with one attached hydrogen (secondary N) is 1. The number of H-pyrrole nitrogens is 1. The topological polar surface area (TPSA) is 58.9 Å². The summed E-state index contributed by atoms with van der Waals surface area (Å²) in [6.45, 7) is 4.69. The third-order valence-corrected chi connectivity index (χ3v) is 2.86. The Morgan fingerprint density at radius 1 is 1.31 bits per heavy atom. The fourth-order valence-corrected chi connectivity index (χ4v) is 1.93. The zero-order valence-electron chi connectivity index (χ0n) is 9.58. The van der Waals surface area contributed by atoms with Gasteiger partial charge in [0.25, 0.3) is 5.56 Å². The molecule has 0 amide bonds. The quantitative estimate of drug-likeness (QED) is 0.807. The van der Waals surface area contributed by atoms with E-state index in [1.54, 1.807) is 6.20 Å². The van der Waals surface area contributed by atoms with E-state index < -0.39 is 0 Å². The highest BCUT2D eigenvalue weighted by molar-refractivity contribution is 5.85. The van der Waals surface area contributed by atoms with Gasteiger partial charge in [0, 0.05) is 18.1 Å². The van der Waals surface area contributed by atoms with Gasteiger partial charge in [0.1, 0.15) is 0 Å². The molecule has 16 heavy (non-hydrogen) atoms. The Kier molecular flexibility index (Phi) is 2.79. The van der Waals surface area contributed by atoms with Gasteiger partial charge < -0.3 is 10.7 Å². The fraction of sp³-hybridized carbons (Fsp3) is 0.308. The molecule has 2 aromatic rings. The Bertz CT molecular complexity index is 570. The summed E-state index contributed by atoms with van der Waals surface area (Å²) in [5.74, 6) is 0.392. The van der Waals surface area contributed by atoms with Gasteiger partial charge in [-0.1, -0.05) is 26.0 Å². The van der Waals surface area contributed by atoms with E-state index in [1.807, 2.05) is 18.2 Å². The molecule has 3 heteroatoms. The highest BCUT2D eigenvalue weighted by Crippen LogP contribution is 2.22. The van der Waals surface area contributed by atoms with E-state index in [0.717, 1.165) is 21.9 Å². The number of nitrogens with two attached hydrogens (primary N) is 1. The predicted octanol–water partition coefficient (Wildman–Crippen LogP) is 2.11. The second-order valence-electron chi connectivity index (χ2n) is 4.31. The van der Waals surface area contributed by atoms with E-state index >= 15 is 0 Å². The molecule has 0 fully saturated rings. The van der Waals surface area contributed by atoms with Crippen molar-refractivity contribution in [2.75, 3.05) is 0 Å². The number of aromatic amines is 1. The molecule has 84 valence electrons. The van der Waals surface area contributed by atoms with Crippen molar-refractivity contribution in [3.8, 4) is 0 Å². The molecule has 1 aromatic carbocycles. The largest absolute Gasteiger partial charge is 0.328 e. The van der Waals surface area contributed by atoms with Gasteiger partial charge in [-0.2, -0.15) is 0 Å². The summed E-state index contributed by atoms with van der Waals surface area (Å²) >= 11 is 0. The molecule has 0 spiro atoms. The van der Waals surface area contributed by atoms with E-state index in [9.17, 15) is 4.79 Å². The van der Waals surface area contributed by atoms with Crippen molar-refractivity contribution in [1.82, 2.24) is 4.98 Å². The predicted molar refractivity (Wildman–Crippen MR) is 66.5 cm³/mol. The van der Waals surface area contributed by atoms with Crippen molar-refractivity contribution in [3.05, 3.63) is 45.9 Å². The molecule has 3 nitrogen and oxygen atoms in total. The minimum Gasteiger partial charge on any atom is -0.328 e. The zero-order valence-corrected chi connectivity index (χ0v) is 9.58. The lowest BCUT2D eigenvalue weighted by atomic mass is 9.97. The van der Waals surface area contributed by atoms with Crippen LogP contribution in [0.1, 0.15) is 30.9 Å². The first-order chi connectivity index (χ1) is 7.63. The van der Waals surface area contributed by atoms with Gasteiger partial charge in [-0.05, 0) is 28.5 Å². The number of rotatable bonds is 2. The minimum absolute atomic E-state index is 0.0466. The van der Waals surface area contributed by atoms with Gasteiger partial charge in [0.2, 0.25) is 0 Å². The molecular formula is C13H16N2O. The minimum atomic E-state index is -0.0466. The molecule has 0 aliphatic rings. The van der Waals surface area contributed by atoms with Gasteiger partial charge in [0.05, 0.1) is 0 Å². The second kappa shape index (κ2) is 4.10. The van der Waals surface area contributed by atoms with Gasteiger partial charge >= 0.3 is 0 Å². The second-order valence-corrected chi connectivity index (χ2v) is 4.31. The number of aromatic nitrogens is 1. The summed E-state index contributed by atoms with van der Waals surface area (Å²) in [5.41, 5.74) is 7.68. The zero-order chi connectivity index (χ0) is 11.7. The van der Waals surface area contributed by atoms with Crippen molar-refractivity contribution in [2.45, 2.75) is 26.3 Å². The lowest BCUT2D eigenvalue weighted by Gasteiger charge is -2.09. The molecule has 0 saturated heterocycles. The van der Waals surface area contributed by atoms with Crippen LogP contribution in [-0.4, -0.2) is 4.98 Å². The summed E-state index contributed by atoms with van der Waals surface area (Å²) in [6.07, 6.45) is 1.80. The summed E-state index contributed by atoms with van der Waals surface area (Å²) in [7, 11) is 0. The van der Waals surface area contributed by atoms with Crippen molar-refractivity contribution in [2.24, 2.45) is 5.73 Å². The molecule has 2 rings (SSSR count). The van der Waals surface area contributed by atoms with Crippen LogP contribution in [0, 0.1) is 0 Å². The van der Waals surface area contributed by atoms with E-state index in [1.165, 1.54) is 0 Å². The Hall–Kier alpha value is -1.61. The maximum atomic E-state index is 11.7. The summed E-state index contributed by atoms with van der Waals surface area (Å²) < 4.78 is 0. The Labute approximate surface area is 94.3 Å². The first-order valence-electron chi connectivity index (χ1n) is 5.47. The standard InChI is InChI=1S/C13H16N2O/c1-8(2)12-7-15-13(16)11-5-9(6-14)3-4-10(11)12/h3-5,7-8H,6,14H2,1-2H3,(H,15,16). The van der Waals surface area contributed by atoms with Crippen LogP contribution in [0.4, 0.5) is 0 Å².